The van der Waals surface area contributed by atoms with E-state index in [-0.39, 0.29) is 18.4 Å². The first kappa shape index (κ1) is 16.4. The minimum absolute atomic E-state index is 0. The van der Waals surface area contributed by atoms with Gasteiger partial charge in [-0.2, -0.15) is 0 Å². The van der Waals surface area contributed by atoms with Crippen LogP contribution in [-0.2, 0) is 9.84 Å². The van der Waals surface area contributed by atoms with E-state index >= 15 is 0 Å². The normalized spacial score (nSPS) is 12.9. The first-order chi connectivity index (χ1) is 7.45. The summed E-state index contributed by atoms with van der Waals surface area (Å²) in [5.74, 6) is 0. The Hall–Kier alpha value is -0.580. The van der Waals surface area contributed by atoms with E-state index in [9.17, 15) is 8.42 Å². The van der Waals surface area contributed by atoms with E-state index < -0.39 is 9.84 Å². The van der Waals surface area contributed by atoms with Crippen molar-refractivity contribution in [1.29, 1.82) is 0 Å². The molecule has 1 aromatic rings. The first-order valence-corrected chi connectivity index (χ1v) is 7.40. The predicted molar refractivity (Wildman–Crippen MR) is 73.3 cm³/mol. The monoisotopic (exact) mass is 277 g/mol. The van der Waals surface area contributed by atoms with Gasteiger partial charge in [-0.25, -0.2) is 8.42 Å². The lowest BCUT2D eigenvalue weighted by molar-refractivity contribution is 0.596. The fourth-order valence-corrected chi connectivity index (χ4v) is 2.24. The average molecular weight is 278 g/mol. The molecule has 5 heteroatoms. The van der Waals surface area contributed by atoms with Gasteiger partial charge in [-0.1, -0.05) is 31.9 Å². The number of halogens is 1. The zero-order valence-electron chi connectivity index (χ0n) is 10.2. The molecule has 1 atom stereocenters. The van der Waals surface area contributed by atoms with Crippen LogP contribution in [0.3, 0.4) is 0 Å². The molecule has 17 heavy (non-hydrogen) atoms. The molecule has 0 radical (unpaired) electrons. The van der Waals surface area contributed by atoms with Crippen LogP contribution < -0.4 is 5.73 Å². The molecule has 2 N–H and O–H groups in total. The van der Waals surface area contributed by atoms with Crippen molar-refractivity contribution in [3.05, 3.63) is 29.8 Å². The molecule has 0 aromatic heterocycles. The molecule has 0 aliphatic rings. The third kappa shape index (κ3) is 5.06. The second-order valence-electron chi connectivity index (χ2n) is 4.09. The van der Waals surface area contributed by atoms with Crippen molar-refractivity contribution < 1.29 is 8.42 Å². The Bertz CT molecular complexity index is 446. The molecule has 0 aliphatic heterocycles. The first-order valence-electron chi connectivity index (χ1n) is 5.50. The molecular weight excluding hydrogens is 258 g/mol. The zero-order chi connectivity index (χ0) is 12.2. The third-order valence-electron chi connectivity index (χ3n) is 2.58. The Balaban J connectivity index is 0.00000256. The molecule has 0 bridgehead atoms. The van der Waals surface area contributed by atoms with Gasteiger partial charge < -0.3 is 5.73 Å². The molecule has 0 heterocycles. The number of unbranched alkanes of at least 4 members (excludes halogenated alkanes) is 1. The van der Waals surface area contributed by atoms with Gasteiger partial charge in [0, 0.05) is 12.3 Å². The Labute approximate surface area is 110 Å². The lowest BCUT2D eigenvalue weighted by Gasteiger charge is -2.12. The van der Waals surface area contributed by atoms with Crippen LogP contribution in [0, 0.1) is 0 Å². The van der Waals surface area contributed by atoms with E-state index in [1.807, 2.05) is 6.07 Å². The summed E-state index contributed by atoms with van der Waals surface area (Å²) >= 11 is 0. The summed E-state index contributed by atoms with van der Waals surface area (Å²) < 4.78 is 22.8. The summed E-state index contributed by atoms with van der Waals surface area (Å²) in [6, 6.07) is 6.84. The van der Waals surface area contributed by atoms with E-state index in [2.05, 4.69) is 6.92 Å². The van der Waals surface area contributed by atoms with Crippen molar-refractivity contribution in [3.63, 3.8) is 0 Å². The van der Waals surface area contributed by atoms with E-state index in [1.165, 1.54) is 6.26 Å². The maximum Gasteiger partial charge on any atom is 0.175 e. The van der Waals surface area contributed by atoms with Crippen LogP contribution in [0.5, 0.6) is 0 Å². The summed E-state index contributed by atoms with van der Waals surface area (Å²) in [4.78, 5) is 0.344. The summed E-state index contributed by atoms with van der Waals surface area (Å²) in [5, 5.41) is 0. The van der Waals surface area contributed by atoms with Gasteiger partial charge in [-0.3, -0.25) is 0 Å². The second-order valence-corrected chi connectivity index (χ2v) is 6.11. The van der Waals surface area contributed by atoms with Crippen LogP contribution in [0.15, 0.2) is 29.2 Å². The van der Waals surface area contributed by atoms with E-state index in [4.69, 9.17) is 5.73 Å². The van der Waals surface area contributed by atoms with Gasteiger partial charge in [-0.15, -0.1) is 12.4 Å². The third-order valence-corrected chi connectivity index (χ3v) is 3.69. The number of nitrogens with two attached hydrogens (primary N) is 1. The van der Waals surface area contributed by atoms with Crippen molar-refractivity contribution in [1.82, 2.24) is 0 Å². The fraction of sp³-hybridized carbons (Fsp3) is 0.500. The molecule has 0 fully saturated rings. The highest BCUT2D eigenvalue weighted by atomic mass is 35.5. The lowest BCUT2D eigenvalue weighted by Crippen LogP contribution is -2.10. The molecule has 1 unspecified atom stereocenters. The van der Waals surface area contributed by atoms with Gasteiger partial charge in [0.1, 0.15) is 0 Å². The number of hydrogen-bond donors (Lipinski definition) is 1. The van der Waals surface area contributed by atoms with Crippen molar-refractivity contribution in [2.24, 2.45) is 5.73 Å². The van der Waals surface area contributed by atoms with Crippen molar-refractivity contribution >= 4 is 22.2 Å². The molecule has 0 aliphatic carbocycles. The van der Waals surface area contributed by atoms with Crippen molar-refractivity contribution in [2.75, 3.05) is 6.26 Å². The largest absolute Gasteiger partial charge is 0.324 e. The topological polar surface area (TPSA) is 60.2 Å². The standard InChI is InChI=1S/C12H19NO2S.ClH/c1-3-4-8-12(13)10-6-5-7-11(9-10)16(2,14)15;/h5-7,9,12H,3-4,8,13H2,1-2H3;1H. The van der Waals surface area contributed by atoms with Gasteiger partial charge in [0.05, 0.1) is 4.90 Å². The maximum atomic E-state index is 11.4. The minimum atomic E-state index is -3.13. The number of sulfone groups is 1. The van der Waals surface area contributed by atoms with Crippen LogP contribution in [0.25, 0.3) is 0 Å². The Kier molecular flexibility index (Phi) is 6.75. The zero-order valence-corrected chi connectivity index (χ0v) is 11.9. The van der Waals surface area contributed by atoms with E-state index in [1.54, 1.807) is 18.2 Å². The van der Waals surface area contributed by atoms with Crippen LogP contribution in [0.2, 0.25) is 0 Å². The molecule has 3 nitrogen and oxygen atoms in total. The van der Waals surface area contributed by atoms with Gasteiger partial charge in [-0.05, 0) is 24.1 Å². The molecule has 1 rings (SSSR count). The van der Waals surface area contributed by atoms with Gasteiger partial charge in [0.15, 0.2) is 9.84 Å². The molecule has 0 saturated carbocycles. The predicted octanol–water partition coefficient (Wildman–Crippen LogP) is 2.70. The average Bonchev–Trinajstić information content (AvgIpc) is 2.25. The van der Waals surface area contributed by atoms with Gasteiger partial charge in [0.25, 0.3) is 0 Å². The Morgan fingerprint density at radius 2 is 2.00 bits per heavy atom. The maximum absolute atomic E-state index is 11.4. The summed E-state index contributed by atoms with van der Waals surface area (Å²) in [7, 11) is -3.13. The molecule has 0 amide bonds. The van der Waals surface area contributed by atoms with Crippen molar-refractivity contribution in [2.45, 2.75) is 37.1 Å². The molecule has 1 aromatic carbocycles. The van der Waals surface area contributed by atoms with Gasteiger partial charge in [0.2, 0.25) is 0 Å². The quantitative estimate of drug-likeness (QED) is 0.900. The van der Waals surface area contributed by atoms with Crippen molar-refractivity contribution in [3.8, 4) is 0 Å². The SMILES string of the molecule is CCCCC(N)c1cccc(S(C)(=O)=O)c1.Cl. The molecule has 0 saturated heterocycles. The number of rotatable bonds is 5. The highest BCUT2D eigenvalue weighted by Gasteiger charge is 2.10. The summed E-state index contributed by atoms with van der Waals surface area (Å²) in [6.07, 6.45) is 4.26. The van der Waals surface area contributed by atoms with Crippen LogP contribution in [-0.4, -0.2) is 14.7 Å². The summed E-state index contributed by atoms with van der Waals surface area (Å²) in [6.45, 7) is 2.11. The van der Waals surface area contributed by atoms with Gasteiger partial charge >= 0.3 is 0 Å². The highest BCUT2D eigenvalue weighted by molar-refractivity contribution is 7.90. The number of benzene rings is 1. The molecule has 0 spiro atoms. The van der Waals surface area contributed by atoms with Crippen LogP contribution >= 0.6 is 12.4 Å². The minimum Gasteiger partial charge on any atom is -0.324 e. The second kappa shape index (κ2) is 6.99. The Morgan fingerprint density at radius 1 is 1.35 bits per heavy atom. The molecular formula is C12H20ClNO2S. The highest BCUT2D eigenvalue weighted by Crippen LogP contribution is 2.19. The van der Waals surface area contributed by atoms with E-state index in [0.29, 0.717) is 4.90 Å². The smallest absolute Gasteiger partial charge is 0.175 e. The molecule has 98 valence electrons. The Morgan fingerprint density at radius 3 is 2.53 bits per heavy atom. The lowest BCUT2D eigenvalue weighted by atomic mass is 10.0. The van der Waals surface area contributed by atoms with Crippen LogP contribution in [0.4, 0.5) is 0 Å². The fourth-order valence-electron chi connectivity index (χ4n) is 1.57. The van der Waals surface area contributed by atoms with E-state index in [0.717, 1.165) is 24.8 Å². The van der Waals surface area contributed by atoms with Crippen LogP contribution in [0.1, 0.15) is 37.8 Å². The number of hydrogen-bond acceptors (Lipinski definition) is 3. The summed E-state index contributed by atoms with van der Waals surface area (Å²) in [5.41, 5.74) is 6.90.